The Kier molecular flexibility index (Phi) is 1.82. The highest BCUT2D eigenvalue weighted by molar-refractivity contribution is 5.33. The Morgan fingerprint density at radius 2 is 2.33 bits per heavy atom. The van der Waals surface area contributed by atoms with Gasteiger partial charge in [0.15, 0.2) is 0 Å². The summed E-state index contributed by atoms with van der Waals surface area (Å²) in [6.07, 6.45) is 4.55. The molecule has 0 atom stereocenters. The second kappa shape index (κ2) is 3.06. The summed E-state index contributed by atoms with van der Waals surface area (Å²) in [5.74, 6) is 2.79. The first kappa shape index (κ1) is 8.91. The molecule has 0 amide bonds. The minimum Gasteiger partial charge on any atom is -0.314 e. The molecule has 80 valence electrons. The van der Waals surface area contributed by atoms with Crippen molar-refractivity contribution in [1.29, 1.82) is 0 Å². The van der Waals surface area contributed by atoms with E-state index in [2.05, 4.69) is 20.0 Å². The molecule has 0 radical (unpaired) electrons. The van der Waals surface area contributed by atoms with Crippen molar-refractivity contribution in [3.8, 4) is 0 Å². The van der Waals surface area contributed by atoms with Gasteiger partial charge in [0.05, 0.1) is 11.9 Å². The van der Waals surface area contributed by atoms with Crippen LogP contribution in [0.2, 0.25) is 0 Å². The summed E-state index contributed by atoms with van der Waals surface area (Å²) in [6.45, 7) is 0.794. The van der Waals surface area contributed by atoms with Crippen LogP contribution in [0.25, 0.3) is 5.78 Å². The zero-order valence-corrected chi connectivity index (χ0v) is 9.06. The molecule has 0 saturated heterocycles. The first-order valence-electron chi connectivity index (χ1n) is 5.35. The summed E-state index contributed by atoms with van der Waals surface area (Å²) in [4.78, 5) is 4.53. The molecule has 0 aliphatic heterocycles. The summed E-state index contributed by atoms with van der Waals surface area (Å²) >= 11 is 0. The topological polar surface area (TPSA) is 47.1 Å². The van der Waals surface area contributed by atoms with Crippen LogP contribution in [0.1, 0.15) is 30.3 Å². The molecular weight excluding hydrogens is 190 g/mol. The number of fused-ring (bicyclic) bond motifs is 1. The number of nitrogens with zero attached hydrogens (tertiary/aromatic N) is 4. The predicted molar refractivity (Wildman–Crippen MR) is 56.7 cm³/mol. The smallest absolute Gasteiger partial charge is 0.232 e. The summed E-state index contributed by atoms with van der Waals surface area (Å²) in [5, 5.41) is 7.66. The van der Waals surface area contributed by atoms with Crippen LogP contribution in [0.4, 0.5) is 0 Å². The highest BCUT2D eigenvalue weighted by Gasteiger charge is 2.29. The second-order valence-electron chi connectivity index (χ2n) is 4.20. The number of imidazole rings is 1. The average molecular weight is 205 g/mol. The fraction of sp³-hybridized carbons (Fsp3) is 0.600. The van der Waals surface area contributed by atoms with Gasteiger partial charge in [-0.1, -0.05) is 0 Å². The van der Waals surface area contributed by atoms with Gasteiger partial charge in [-0.2, -0.15) is 5.10 Å². The van der Waals surface area contributed by atoms with Gasteiger partial charge in [0.2, 0.25) is 5.78 Å². The Balaban J connectivity index is 2.06. The third-order valence-corrected chi connectivity index (χ3v) is 2.87. The van der Waals surface area contributed by atoms with Crippen LogP contribution in [-0.2, 0) is 13.6 Å². The van der Waals surface area contributed by atoms with Crippen LogP contribution in [-0.4, -0.2) is 26.2 Å². The number of hydrogen-bond acceptors (Lipinski definition) is 3. The summed E-state index contributed by atoms with van der Waals surface area (Å²) in [6, 6.07) is 0. The summed E-state index contributed by atoms with van der Waals surface area (Å²) in [5.41, 5.74) is 1.04. The van der Waals surface area contributed by atoms with Crippen molar-refractivity contribution >= 4 is 5.78 Å². The van der Waals surface area contributed by atoms with Gasteiger partial charge in [-0.15, -0.1) is 0 Å². The molecule has 5 nitrogen and oxygen atoms in total. The highest BCUT2D eigenvalue weighted by atomic mass is 15.4. The van der Waals surface area contributed by atoms with Crippen LogP contribution < -0.4 is 5.32 Å². The van der Waals surface area contributed by atoms with Crippen molar-refractivity contribution in [3.05, 3.63) is 17.7 Å². The Bertz CT molecular complexity index is 491. The minimum atomic E-state index is 0.671. The van der Waals surface area contributed by atoms with Crippen molar-refractivity contribution in [1.82, 2.24) is 24.5 Å². The summed E-state index contributed by atoms with van der Waals surface area (Å²) in [7, 11) is 3.97. The van der Waals surface area contributed by atoms with Gasteiger partial charge < -0.3 is 5.32 Å². The normalized spacial score (nSPS) is 16.4. The van der Waals surface area contributed by atoms with Crippen LogP contribution in [0.15, 0.2) is 6.20 Å². The molecule has 1 aliphatic rings. The zero-order valence-electron chi connectivity index (χ0n) is 9.06. The monoisotopic (exact) mass is 205 g/mol. The molecule has 15 heavy (non-hydrogen) atoms. The molecule has 2 aromatic heterocycles. The van der Waals surface area contributed by atoms with Gasteiger partial charge in [0.25, 0.3) is 0 Å². The third-order valence-electron chi connectivity index (χ3n) is 2.87. The highest BCUT2D eigenvalue weighted by Crippen LogP contribution is 2.39. The van der Waals surface area contributed by atoms with E-state index in [0.29, 0.717) is 5.92 Å². The van der Waals surface area contributed by atoms with Gasteiger partial charge in [-0.05, 0) is 19.9 Å². The average Bonchev–Trinajstić information content (AvgIpc) is 2.91. The number of nitrogens with one attached hydrogen (secondary N) is 1. The molecule has 3 rings (SSSR count). The van der Waals surface area contributed by atoms with E-state index in [1.54, 1.807) is 0 Å². The largest absolute Gasteiger partial charge is 0.314 e. The van der Waals surface area contributed by atoms with Gasteiger partial charge in [-0.3, -0.25) is 4.57 Å². The maximum atomic E-state index is 4.57. The SMILES string of the molecule is CNCc1cn2nc(C3CC3)n(C)c2n1. The van der Waals surface area contributed by atoms with Crippen LogP contribution in [0, 0.1) is 0 Å². The molecular formula is C10H15N5. The quantitative estimate of drug-likeness (QED) is 0.801. The van der Waals surface area contributed by atoms with Crippen LogP contribution in [0.5, 0.6) is 0 Å². The standard InChI is InChI=1S/C10H15N5/c1-11-5-8-6-15-10(12-8)14(2)9(13-15)7-3-4-7/h6-7,11H,3-5H2,1-2H3. The number of hydrogen-bond donors (Lipinski definition) is 1. The molecule has 2 aromatic rings. The van der Waals surface area contributed by atoms with Crippen molar-refractivity contribution in [2.24, 2.45) is 7.05 Å². The van der Waals surface area contributed by atoms with E-state index in [4.69, 9.17) is 0 Å². The zero-order chi connectivity index (χ0) is 10.4. The maximum Gasteiger partial charge on any atom is 0.232 e. The molecule has 0 aromatic carbocycles. The second-order valence-corrected chi connectivity index (χ2v) is 4.20. The fourth-order valence-corrected chi connectivity index (χ4v) is 1.95. The Hall–Kier alpha value is -1.36. The molecule has 1 N–H and O–H groups in total. The fourth-order valence-electron chi connectivity index (χ4n) is 1.95. The van der Waals surface area contributed by atoms with E-state index < -0.39 is 0 Å². The lowest BCUT2D eigenvalue weighted by Crippen LogP contribution is -2.05. The van der Waals surface area contributed by atoms with E-state index in [9.17, 15) is 0 Å². The Morgan fingerprint density at radius 3 is 2.93 bits per heavy atom. The van der Waals surface area contributed by atoms with E-state index in [-0.39, 0.29) is 0 Å². The first-order chi connectivity index (χ1) is 7.29. The number of rotatable bonds is 3. The Labute approximate surface area is 88.1 Å². The van der Waals surface area contributed by atoms with Crippen molar-refractivity contribution in [2.75, 3.05) is 7.05 Å². The molecule has 0 spiro atoms. The maximum absolute atomic E-state index is 4.57. The lowest BCUT2D eigenvalue weighted by Gasteiger charge is -1.96. The minimum absolute atomic E-state index is 0.671. The lowest BCUT2D eigenvalue weighted by molar-refractivity contribution is 0.772. The van der Waals surface area contributed by atoms with Crippen LogP contribution in [0.3, 0.4) is 0 Å². The predicted octanol–water partition coefficient (Wildman–Crippen LogP) is 0.665. The molecule has 1 aliphatic carbocycles. The summed E-state index contributed by atoms with van der Waals surface area (Å²) < 4.78 is 4.00. The van der Waals surface area contributed by atoms with Crippen molar-refractivity contribution in [3.63, 3.8) is 0 Å². The Morgan fingerprint density at radius 1 is 1.53 bits per heavy atom. The molecule has 5 heteroatoms. The third kappa shape index (κ3) is 1.34. The molecule has 1 fully saturated rings. The van der Waals surface area contributed by atoms with Gasteiger partial charge in [0, 0.05) is 19.5 Å². The molecule has 2 heterocycles. The van der Waals surface area contributed by atoms with Crippen molar-refractivity contribution < 1.29 is 0 Å². The van der Waals surface area contributed by atoms with E-state index in [0.717, 1.165) is 18.0 Å². The molecule has 0 unspecified atom stereocenters. The lowest BCUT2D eigenvalue weighted by atomic mass is 10.4. The van der Waals surface area contributed by atoms with Crippen molar-refractivity contribution in [2.45, 2.75) is 25.3 Å². The van der Waals surface area contributed by atoms with Gasteiger partial charge in [0.1, 0.15) is 5.82 Å². The number of aryl methyl sites for hydroxylation is 1. The van der Waals surface area contributed by atoms with E-state index in [1.807, 2.05) is 24.8 Å². The van der Waals surface area contributed by atoms with Gasteiger partial charge >= 0.3 is 0 Å². The number of aromatic nitrogens is 4. The molecule has 0 bridgehead atoms. The molecule has 1 saturated carbocycles. The van der Waals surface area contributed by atoms with E-state index >= 15 is 0 Å². The van der Waals surface area contributed by atoms with E-state index in [1.165, 1.54) is 18.7 Å². The van der Waals surface area contributed by atoms with Gasteiger partial charge in [-0.25, -0.2) is 9.50 Å². The first-order valence-corrected chi connectivity index (χ1v) is 5.35. The van der Waals surface area contributed by atoms with Crippen LogP contribution >= 0.6 is 0 Å².